The van der Waals surface area contributed by atoms with Crippen LogP contribution in [0.15, 0.2) is 34.4 Å². The fourth-order valence-corrected chi connectivity index (χ4v) is 3.77. The van der Waals surface area contributed by atoms with Gasteiger partial charge in [-0.2, -0.15) is 0 Å². The second-order valence-corrected chi connectivity index (χ2v) is 7.60. The van der Waals surface area contributed by atoms with Crippen LogP contribution in [-0.4, -0.2) is 24.4 Å². The third kappa shape index (κ3) is 3.55. The Morgan fingerprint density at radius 3 is 2.73 bits per heavy atom. The van der Waals surface area contributed by atoms with E-state index in [0.29, 0.717) is 6.10 Å². The Hall–Kier alpha value is -0.860. The van der Waals surface area contributed by atoms with Crippen molar-refractivity contribution in [1.29, 1.82) is 0 Å². The topological polar surface area (TPSA) is 21.8 Å². The third-order valence-corrected chi connectivity index (χ3v) is 5.57. The number of fused-ring (bicyclic) bond motifs is 2. The van der Waals surface area contributed by atoms with E-state index in [1.807, 2.05) is 0 Å². The first-order valence-electron chi connectivity index (χ1n) is 8.79. The molecule has 3 atom stereocenters. The van der Waals surface area contributed by atoms with Crippen LogP contribution in [0, 0.1) is 0 Å². The summed E-state index contributed by atoms with van der Waals surface area (Å²) in [6, 6.07) is 0. The lowest BCUT2D eigenvalue weighted by atomic mass is 9.93. The Kier molecular flexibility index (Phi) is 4.61. The molecule has 0 aromatic carbocycles. The zero-order chi connectivity index (χ0) is 15.7. The van der Waals surface area contributed by atoms with Crippen LogP contribution < -0.4 is 0 Å². The Balaban J connectivity index is 1.76. The quantitative estimate of drug-likeness (QED) is 0.458. The van der Waals surface area contributed by atoms with Crippen molar-refractivity contribution in [3.05, 3.63) is 34.4 Å². The second kappa shape index (κ2) is 6.33. The summed E-state index contributed by atoms with van der Waals surface area (Å²) in [5.74, 6) is 0. The first kappa shape index (κ1) is 16.0. The average molecular weight is 302 g/mol. The molecular weight excluding hydrogens is 272 g/mol. The number of allylic oxidation sites excluding steroid dienone is 3. The van der Waals surface area contributed by atoms with Gasteiger partial charge in [-0.1, -0.05) is 23.3 Å². The molecule has 0 aromatic rings. The predicted octanol–water partition coefficient (Wildman–Crippen LogP) is 5.11. The van der Waals surface area contributed by atoms with E-state index in [1.54, 1.807) is 0 Å². The molecule has 22 heavy (non-hydrogen) atoms. The van der Waals surface area contributed by atoms with Crippen molar-refractivity contribution in [1.82, 2.24) is 0 Å². The molecule has 2 aliphatic heterocycles. The van der Waals surface area contributed by atoms with E-state index in [1.165, 1.54) is 22.3 Å². The lowest BCUT2D eigenvalue weighted by Gasteiger charge is -2.14. The van der Waals surface area contributed by atoms with Gasteiger partial charge in [0.2, 0.25) is 0 Å². The van der Waals surface area contributed by atoms with Crippen LogP contribution in [0.2, 0.25) is 0 Å². The first-order valence-corrected chi connectivity index (χ1v) is 8.79. The van der Waals surface area contributed by atoms with Gasteiger partial charge in [-0.05, 0) is 77.4 Å². The second-order valence-electron chi connectivity index (χ2n) is 7.60. The normalized spacial score (nSPS) is 41.6. The molecule has 2 nitrogen and oxygen atoms in total. The highest BCUT2D eigenvalue weighted by Gasteiger charge is 2.50. The zero-order valence-electron chi connectivity index (χ0n) is 14.6. The van der Waals surface area contributed by atoms with Gasteiger partial charge in [0.1, 0.15) is 0 Å². The summed E-state index contributed by atoms with van der Waals surface area (Å²) in [7, 11) is 0. The number of hydrogen-bond acceptors (Lipinski definition) is 2. The maximum atomic E-state index is 5.99. The molecule has 0 amide bonds. The van der Waals surface area contributed by atoms with Gasteiger partial charge in [0, 0.05) is 0 Å². The molecule has 0 N–H and O–H groups in total. The third-order valence-electron chi connectivity index (χ3n) is 5.57. The summed E-state index contributed by atoms with van der Waals surface area (Å²) in [6.45, 7) is 9.81. The van der Waals surface area contributed by atoms with Crippen LogP contribution in [0.3, 0.4) is 0 Å². The Bertz CT molecular complexity index is 526. The van der Waals surface area contributed by atoms with Crippen LogP contribution in [0.5, 0.6) is 0 Å². The number of hydrogen-bond donors (Lipinski definition) is 0. The van der Waals surface area contributed by atoms with Gasteiger partial charge in [0.05, 0.1) is 24.4 Å². The van der Waals surface area contributed by atoms with Crippen molar-refractivity contribution in [3.8, 4) is 0 Å². The van der Waals surface area contributed by atoms with Gasteiger partial charge >= 0.3 is 0 Å². The Labute approximate surface area is 135 Å². The SMILES string of the molecule is CC1=C2CC/C(C)=C/CC[C@]3(C)O[C@H]3CC/C(C)=C/[C@@H]2OC1. The fourth-order valence-electron chi connectivity index (χ4n) is 3.77. The van der Waals surface area contributed by atoms with E-state index < -0.39 is 0 Å². The number of epoxide rings is 1. The van der Waals surface area contributed by atoms with E-state index in [9.17, 15) is 0 Å². The van der Waals surface area contributed by atoms with Gasteiger partial charge in [0.15, 0.2) is 0 Å². The van der Waals surface area contributed by atoms with Gasteiger partial charge in [0.25, 0.3) is 0 Å². The van der Waals surface area contributed by atoms with Crippen LogP contribution in [0.1, 0.15) is 66.2 Å². The van der Waals surface area contributed by atoms with Crippen molar-refractivity contribution in [2.45, 2.75) is 84.0 Å². The molecule has 0 radical (unpaired) electrons. The molecule has 1 saturated heterocycles. The molecule has 122 valence electrons. The Morgan fingerprint density at radius 2 is 1.91 bits per heavy atom. The molecule has 1 fully saturated rings. The maximum Gasteiger partial charge on any atom is 0.0977 e. The Morgan fingerprint density at radius 1 is 1.09 bits per heavy atom. The van der Waals surface area contributed by atoms with Gasteiger partial charge in [-0.15, -0.1) is 0 Å². The zero-order valence-corrected chi connectivity index (χ0v) is 14.6. The minimum Gasteiger partial charge on any atom is -0.366 e. The molecule has 0 aromatic heterocycles. The first-order chi connectivity index (χ1) is 10.5. The van der Waals surface area contributed by atoms with Crippen LogP contribution in [-0.2, 0) is 9.47 Å². The highest BCUT2D eigenvalue weighted by Crippen LogP contribution is 2.43. The molecule has 0 spiro atoms. The fraction of sp³-hybridized carbons (Fsp3) is 0.700. The molecule has 1 aliphatic carbocycles. The van der Waals surface area contributed by atoms with Crippen molar-refractivity contribution in [3.63, 3.8) is 0 Å². The highest BCUT2D eigenvalue weighted by molar-refractivity contribution is 5.29. The molecule has 2 heterocycles. The molecule has 0 unspecified atom stereocenters. The van der Waals surface area contributed by atoms with E-state index in [4.69, 9.17) is 9.47 Å². The van der Waals surface area contributed by atoms with Crippen molar-refractivity contribution < 1.29 is 9.47 Å². The molecule has 3 rings (SSSR count). The molecule has 0 bridgehead atoms. The van der Waals surface area contributed by atoms with E-state index >= 15 is 0 Å². The van der Waals surface area contributed by atoms with Crippen LogP contribution in [0.25, 0.3) is 0 Å². The maximum absolute atomic E-state index is 5.99. The molecule has 3 aliphatic rings. The van der Waals surface area contributed by atoms with Gasteiger partial charge in [-0.25, -0.2) is 0 Å². The van der Waals surface area contributed by atoms with Gasteiger partial charge < -0.3 is 9.47 Å². The molecular formula is C20H30O2. The number of ether oxygens (including phenoxy) is 2. The summed E-state index contributed by atoms with van der Waals surface area (Å²) < 4.78 is 12.0. The summed E-state index contributed by atoms with van der Waals surface area (Å²) >= 11 is 0. The summed E-state index contributed by atoms with van der Waals surface area (Å²) in [4.78, 5) is 0. The summed E-state index contributed by atoms with van der Waals surface area (Å²) in [5.41, 5.74) is 6.03. The minimum atomic E-state index is 0.132. The minimum absolute atomic E-state index is 0.132. The van der Waals surface area contributed by atoms with E-state index in [0.717, 1.165) is 45.1 Å². The lowest BCUT2D eigenvalue weighted by molar-refractivity contribution is 0.150. The van der Waals surface area contributed by atoms with Gasteiger partial charge in [-0.3, -0.25) is 0 Å². The predicted molar refractivity (Wildman–Crippen MR) is 90.9 cm³/mol. The largest absolute Gasteiger partial charge is 0.366 e. The summed E-state index contributed by atoms with van der Waals surface area (Å²) in [6.07, 6.45) is 12.3. The van der Waals surface area contributed by atoms with Crippen molar-refractivity contribution >= 4 is 0 Å². The number of rotatable bonds is 0. The van der Waals surface area contributed by atoms with E-state index in [2.05, 4.69) is 39.8 Å². The highest BCUT2D eigenvalue weighted by atomic mass is 16.6. The van der Waals surface area contributed by atoms with Crippen molar-refractivity contribution in [2.24, 2.45) is 0 Å². The lowest BCUT2D eigenvalue weighted by Crippen LogP contribution is -2.11. The molecule has 0 saturated carbocycles. The monoisotopic (exact) mass is 302 g/mol. The van der Waals surface area contributed by atoms with Crippen molar-refractivity contribution in [2.75, 3.05) is 6.61 Å². The molecule has 2 heteroatoms. The summed E-state index contributed by atoms with van der Waals surface area (Å²) in [5, 5.41) is 0. The standard InChI is InChI=1S/C20H30O2/c1-14-6-5-11-20(4)19(22-20)10-8-15(2)12-18-17(9-7-14)16(3)13-21-18/h6,12,18-19H,5,7-11,13H2,1-4H3/b14-6+,15-12+/t18-,19-,20-/m0/s1. The van der Waals surface area contributed by atoms with Crippen LogP contribution >= 0.6 is 0 Å². The van der Waals surface area contributed by atoms with Crippen LogP contribution in [0.4, 0.5) is 0 Å². The average Bonchev–Trinajstić information content (AvgIpc) is 2.98. The smallest absolute Gasteiger partial charge is 0.0977 e. The van der Waals surface area contributed by atoms with E-state index in [-0.39, 0.29) is 11.7 Å².